The molecular weight excluding hydrogens is 288 g/mol. The topological polar surface area (TPSA) is 80.9 Å². The summed E-state index contributed by atoms with van der Waals surface area (Å²) in [5, 5.41) is 6.72. The molecule has 0 aromatic carbocycles. The van der Waals surface area contributed by atoms with E-state index in [4.69, 9.17) is 4.52 Å². The van der Waals surface area contributed by atoms with Crippen molar-refractivity contribution in [3.63, 3.8) is 0 Å². The Kier molecular flexibility index (Phi) is 4.62. The van der Waals surface area contributed by atoms with E-state index in [9.17, 15) is 4.79 Å². The highest BCUT2D eigenvalue weighted by Gasteiger charge is 2.18. The summed E-state index contributed by atoms with van der Waals surface area (Å²) < 4.78 is 4.91. The largest absolute Gasteiger partial charge is 0.360 e. The van der Waals surface area contributed by atoms with Crippen molar-refractivity contribution in [3.8, 4) is 0 Å². The summed E-state index contributed by atoms with van der Waals surface area (Å²) in [7, 11) is 0. The highest BCUT2D eigenvalue weighted by molar-refractivity contribution is 8.00. The van der Waals surface area contributed by atoms with Gasteiger partial charge in [-0.05, 0) is 40.2 Å². The van der Waals surface area contributed by atoms with Crippen molar-refractivity contribution < 1.29 is 9.32 Å². The van der Waals surface area contributed by atoms with Crippen LogP contribution in [-0.2, 0) is 4.79 Å². The molecule has 0 saturated heterocycles. The lowest BCUT2D eigenvalue weighted by atomic mass is 10.2. The molecule has 2 aromatic heterocycles. The van der Waals surface area contributed by atoms with Crippen molar-refractivity contribution in [3.05, 3.63) is 28.8 Å². The number of thioether (sulfide) groups is 1. The van der Waals surface area contributed by atoms with Gasteiger partial charge in [0.1, 0.15) is 5.76 Å². The number of hydrogen-bond donors (Lipinski definition) is 1. The Hall–Kier alpha value is -1.89. The molecule has 0 aliphatic heterocycles. The first-order valence-electron chi connectivity index (χ1n) is 6.59. The molecule has 1 amide bonds. The van der Waals surface area contributed by atoms with E-state index < -0.39 is 0 Å². The Morgan fingerprint density at radius 2 is 1.86 bits per heavy atom. The SMILES string of the molecule is Cc1cc(NC(=O)C(C)Sc2nc(C)c(C)c(C)n2)no1. The van der Waals surface area contributed by atoms with Crippen molar-refractivity contribution in [2.24, 2.45) is 0 Å². The van der Waals surface area contributed by atoms with Gasteiger partial charge in [-0.3, -0.25) is 4.79 Å². The monoisotopic (exact) mass is 306 g/mol. The molecule has 2 heterocycles. The molecule has 6 nitrogen and oxygen atoms in total. The third-order valence-corrected chi connectivity index (χ3v) is 4.10. The molecule has 112 valence electrons. The Morgan fingerprint density at radius 3 is 2.38 bits per heavy atom. The van der Waals surface area contributed by atoms with Gasteiger partial charge in [0.25, 0.3) is 0 Å². The second-order valence-electron chi connectivity index (χ2n) is 4.87. The van der Waals surface area contributed by atoms with Crippen molar-refractivity contribution in [2.75, 3.05) is 5.32 Å². The average Bonchev–Trinajstić information content (AvgIpc) is 2.81. The van der Waals surface area contributed by atoms with Crippen LogP contribution in [0.4, 0.5) is 5.82 Å². The maximum atomic E-state index is 12.1. The predicted octanol–water partition coefficient (Wildman–Crippen LogP) is 2.82. The molecule has 1 unspecified atom stereocenters. The van der Waals surface area contributed by atoms with Gasteiger partial charge in [0.2, 0.25) is 5.91 Å². The summed E-state index contributed by atoms with van der Waals surface area (Å²) in [4.78, 5) is 20.9. The van der Waals surface area contributed by atoms with Crippen LogP contribution < -0.4 is 5.32 Å². The van der Waals surface area contributed by atoms with Crippen LogP contribution in [0.5, 0.6) is 0 Å². The molecule has 7 heteroatoms. The Bertz CT molecular complexity index is 646. The summed E-state index contributed by atoms with van der Waals surface area (Å²) in [6.45, 7) is 9.45. The van der Waals surface area contributed by atoms with Crippen LogP contribution >= 0.6 is 11.8 Å². The number of aryl methyl sites for hydroxylation is 3. The van der Waals surface area contributed by atoms with Crippen LogP contribution in [0, 0.1) is 27.7 Å². The van der Waals surface area contributed by atoms with Gasteiger partial charge in [0.15, 0.2) is 11.0 Å². The molecule has 0 fully saturated rings. The molecule has 0 saturated carbocycles. The van der Waals surface area contributed by atoms with E-state index in [-0.39, 0.29) is 11.2 Å². The maximum Gasteiger partial charge on any atom is 0.238 e. The predicted molar refractivity (Wildman–Crippen MR) is 81.4 cm³/mol. The normalized spacial score (nSPS) is 12.2. The standard InChI is InChI=1S/C14H18N4O2S/c1-7-6-12(18-20-7)17-13(19)11(5)21-14-15-9(3)8(2)10(4)16-14/h6,11H,1-5H3,(H,17,18,19). The first-order chi connectivity index (χ1) is 9.86. The zero-order chi connectivity index (χ0) is 15.6. The molecule has 2 rings (SSSR count). The van der Waals surface area contributed by atoms with Crippen molar-refractivity contribution in [1.82, 2.24) is 15.1 Å². The highest BCUT2D eigenvalue weighted by atomic mass is 32.2. The van der Waals surface area contributed by atoms with Crippen LogP contribution in [-0.4, -0.2) is 26.3 Å². The van der Waals surface area contributed by atoms with Gasteiger partial charge in [0, 0.05) is 17.5 Å². The van der Waals surface area contributed by atoms with Crippen molar-refractivity contribution >= 4 is 23.5 Å². The minimum Gasteiger partial charge on any atom is -0.360 e. The van der Waals surface area contributed by atoms with E-state index in [2.05, 4.69) is 20.4 Å². The Labute approximate surface area is 127 Å². The number of aromatic nitrogens is 3. The molecule has 1 atom stereocenters. The van der Waals surface area contributed by atoms with Gasteiger partial charge in [-0.1, -0.05) is 16.9 Å². The molecule has 0 aliphatic rings. The molecule has 2 aromatic rings. The van der Waals surface area contributed by atoms with Gasteiger partial charge in [-0.25, -0.2) is 9.97 Å². The fraction of sp³-hybridized carbons (Fsp3) is 0.429. The maximum absolute atomic E-state index is 12.1. The lowest BCUT2D eigenvalue weighted by Crippen LogP contribution is -2.23. The number of carbonyl (C=O) groups excluding carboxylic acids is 1. The van der Waals surface area contributed by atoms with Gasteiger partial charge >= 0.3 is 0 Å². The molecule has 0 aliphatic carbocycles. The minimum absolute atomic E-state index is 0.159. The van der Waals surface area contributed by atoms with E-state index >= 15 is 0 Å². The number of anilines is 1. The zero-order valence-electron chi connectivity index (χ0n) is 12.7. The third kappa shape index (κ3) is 3.81. The molecule has 0 radical (unpaired) electrons. The van der Waals surface area contributed by atoms with Gasteiger partial charge in [-0.2, -0.15) is 0 Å². The fourth-order valence-electron chi connectivity index (χ4n) is 1.66. The van der Waals surface area contributed by atoms with E-state index in [0.29, 0.717) is 16.7 Å². The number of nitrogens with zero attached hydrogens (tertiary/aromatic N) is 3. The third-order valence-electron chi connectivity index (χ3n) is 3.14. The number of amides is 1. The van der Waals surface area contributed by atoms with E-state index in [1.807, 2.05) is 20.8 Å². The minimum atomic E-state index is -0.330. The second-order valence-corrected chi connectivity index (χ2v) is 6.18. The zero-order valence-corrected chi connectivity index (χ0v) is 13.5. The van der Waals surface area contributed by atoms with Crippen LogP contribution in [0.2, 0.25) is 0 Å². The number of rotatable bonds is 4. The van der Waals surface area contributed by atoms with Gasteiger partial charge < -0.3 is 9.84 Å². The molecule has 0 spiro atoms. The van der Waals surface area contributed by atoms with Crippen LogP contribution in [0.15, 0.2) is 15.7 Å². The van der Waals surface area contributed by atoms with Gasteiger partial charge in [0.05, 0.1) is 5.25 Å². The smallest absolute Gasteiger partial charge is 0.238 e. The van der Waals surface area contributed by atoms with Crippen LogP contribution in [0.1, 0.15) is 29.6 Å². The van der Waals surface area contributed by atoms with Crippen LogP contribution in [0.3, 0.4) is 0 Å². The highest BCUT2D eigenvalue weighted by Crippen LogP contribution is 2.22. The number of nitrogens with one attached hydrogen (secondary N) is 1. The van der Waals surface area contributed by atoms with Crippen molar-refractivity contribution in [1.29, 1.82) is 0 Å². The average molecular weight is 306 g/mol. The fourth-order valence-corrected chi connectivity index (χ4v) is 2.52. The first kappa shape index (κ1) is 15.5. The number of hydrogen-bond acceptors (Lipinski definition) is 6. The van der Waals surface area contributed by atoms with Crippen molar-refractivity contribution in [2.45, 2.75) is 45.0 Å². The molecular formula is C14H18N4O2S. The summed E-state index contributed by atoms with van der Waals surface area (Å²) in [5.41, 5.74) is 2.95. The molecule has 1 N–H and O–H groups in total. The van der Waals surface area contributed by atoms with Gasteiger partial charge in [-0.15, -0.1) is 0 Å². The Balaban J connectivity index is 2.03. The first-order valence-corrected chi connectivity index (χ1v) is 7.47. The van der Waals surface area contributed by atoms with E-state index in [0.717, 1.165) is 17.0 Å². The van der Waals surface area contributed by atoms with Crippen LogP contribution in [0.25, 0.3) is 0 Å². The quantitative estimate of drug-likeness (QED) is 0.691. The van der Waals surface area contributed by atoms with E-state index in [1.54, 1.807) is 19.9 Å². The Morgan fingerprint density at radius 1 is 1.24 bits per heavy atom. The lowest BCUT2D eigenvalue weighted by Gasteiger charge is -2.11. The summed E-state index contributed by atoms with van der Waals surface area (Å²) >= 11 is 1.32. The van der Waals surface area contributed by atoms with E-state index in [1.165, 1.54) is 11.8 Å². The summed E-state index contributed by atoms with van der Waals surface area (Å²) in [6, 6.07) is 1.67. The lowest BCUT2D eigenvalue weighted by molar-refractivity contribution is -0.115. The molecule has 21 heavy (non-hydrogen) atoms. The molecule has 0 bridgehead atoms. The number of carbonyl (C=O) groups is 1. The summed E-state index contributed by atoms with van der Waals surface area (Å²) in [6.07, 6.45) is 0. The second kappa shape index (κ2) is 6.26. The summed E-state index contributed by atoms with van der Waals surface area (Å²) in [5.74, 6) is 0.911.